The van der Waals surface area contributed by atoms with E-state index in [0.29, 0.717) is 0 Å². The van der Waals surface area contributed by atoms with E-state index in [1.165, 1.54) is 0 Å². The van der Waals surface area contributed by atoms with Gasteiger partial charge in [-0.1, -0.05) is 52.7 Å². The summed E-state index contributed by atoms with van der Waals surface area (Å²) in [6, 6.07) is 13.8. The molecule has 0 saturated carbocycles. The van der Waals surface area contributed by atoms with E-state index in [1.807, 2.05) is 42.5 Å². The van der Waals surface area contributed by atoms with E-state index < -0.39 is 0 Å². The van der Waals surface area contributed by atoms with Crippen molar-refractivity contribution in [3.63, 3.8) is 0 Å². The zero-order valence-corrected chi connectivity index (χ0v) is 12.5. The highest BCUT2D eigenvalue weighted by Crippen LogP contribution is 2.29. The zero-order chi connectivity index (χ0) is 13.0. The van der Waals surface area contributed by atoms with Crippen LogP contribution in [0, 0.1) is 0 Å². The van der Waals surface area contributed by atoms with E-state index in [4.69, 9.17) is 16.3 Å². The standard InChI is InChI=1S/C15H14BrClO/c1-2-11-9-13(7-8-14(11)17)18-15-6-4-3-5-12(15)10-16/h3-9H,2,10H2,1H3. The molecule has 0 amide bonds. The van der Waals surface area contributed by atoms with E-state index in [2.05, 4.69) is 22.9 Å². The Labute approximate surface area is 121 Å². The van der Waals surface area contributed by atoms with Crippen LogP contribution in [0.15, 0.2) is 42.5 Å². The van der Waals surface area contributed by atoms with Crippen LogP contribution in [0.2, 0.25) is 5.02 Å². The normalized spacial score (nSPS) is 10.4. The van der Waals surface area contributed by atoms with Crippen LogP contribution in [0.3, 0.4) is 0 Å². The maximum atomic E-state index is 6.09. The first kappa shape index (κ1) is 13.4. The molecular weight excluding hydrogens is 312 g/mol. The molecule has 94 valence electrons. The topological polar surface area (TPSA) is 9.23 Å². The first-order valence-electron chi connectivity index (χ1n) is 5.84. The van der Waals surface area contributed by atoms with Gasteiger partial charge in [-0.05, 0) is 36.2 Å². The molecule has 0 atom stereocenters. The molecular formula is C15H14BrClO. The molecule has 2 aromatic rings. The Bertz CT molecular complexity index is 540. The lowest BCUT2D eigenvalue weighted by molar-refractivity contribution is 0.478. The Morgan fingerprint density at radius 2 is 1.89 bits per heavy atom. The number of alkyl halides is 1. The fourth-order valence-corrected chi connectivity index (χ4v) is 2.44. The summed E-state index contributed by atoms with van der Waals surface area (Å²) < 4.78 is 5.91. The number of ether oxygens (including phenoxy) is 1. The van der Waals surface area contributed by atoms with Gasteiger partial charge in [0.2, 0.25) is 0 Å². The van der Waals surface area contributed by atoms with Gasteiger partial charge < -0.3 is 4.74 Å². The minimum Gasteiger partial charge on any atom is -0.457 e. The number of hydrogen-bond donors (Lipinski definition) is 0. The third-order valence-electron chi connectivity index (χ3n) is 2.74. The molecule has 2 rings (SSSR count). The molecule has 0 aliphatic rings. The molecule has 2 aromatic carbocycles. The van der Waals surface area contributed by atoms with E-state index in [1.54, 1.807) is 0 Å². The van der Waals surface area contributed by atoms with E-state index in [9.17, 15) is 0 Å². The summed E-state index contributed by atoms with van der Waals surface area (Å²) in [4.78, 5) is 0. The maximum Gasteiger partial charge on any atom is 0.131 e. The molecule has 0 N–H and O–H groups in total. The van der Waals surface area contributed by atoms with Gasteiger partial charge in [-0.15, -0.1) is 0 Å². The first-order chi connectivity index (χ1) is 8.74. The lowest BCUT2D eigenvalue weighted by atomic mass is 10.1. The smallest absolute Gasteiger partial charge is 0.131 e. The zero-order valence-electron chi connectivity index (χ0n) is 10.1. The Hall–Kier alpha value is -0.990. The SMILES string of the molecule is CCc1cc(Oc2ccccc2CBr)ccc1Cl. The molecule has 0 fully saturated rings. The quantitative estimate of drug-likeness (QED) is 0.666. The van der Waals surface area contributed by atoms with Gasteiger partial charge in [0.05, 0.1) is 0 Å². The van der Waals surface area contributed by atoms with Gasteiger partial charge in [-0.3, -0.25) is 0 Å². The number of hydrogen-bond acceptors (Lipinski definition) is 1. The summed E-state index contributed by atoms with van der Waals surface area (Å²) in [7, 11) is 0. The van der Waals surface area contributed by atoms with Crippen molar-refractivity contribution in [3.8, 4) is 11.5 Å². The van der Waals surface area contributed by atoms with Gasteiger partial charge in [-0.2, -0.15) is 0 Å². The first-order valence-corrected chi connectivity index (χ1v) is 7.34. The van der Waals surface area contributed by atoms with Crippen LogP contribution >= 0.6 is 27.5 Å². The van der Waals surface area contributed by atoms with Gasteiger partial charge in [0.15, 0.2) is 0 Å². The summed E-state index contributed by atoms with van der Waals surface area (Å²) in [5.41, 5.74) is 2.23. The number of rotatable bonds is 4. The summed E-state index contributed by atoms with van der Waals surface area (Å²) in [6.07, 6.45) is 0.899. The van der Waals surface area contributed by atoms with Gasteiger partial charge in [0.1, 0.15) is 11.5 Å². The molecule has 0 spiro atoms. The molecule has 0 aliphatic carbocycles. The molecule has 1 nitrogen and oxygen atoms in total. The third kappa shape index (κ3) is 3.06. The summed E-state index contributed by atoms with van der Waals surface area (Å²) >= 11 is 9.56. The van der Waals surface area contributed by atoms with Crippen LogP contribution < -0.4 is 4.74 Å². The van der Waals surface area contributed by atoms with Crippen molar-refractivity contribution >= 4 is 27.5 Å². The molecule has 18 heavy (non-hydrogen) atoms. The highest BCUT2D eigenvalue weighted by molar-refractivity contribution is 9.08. The summed E-state index contributed by atoms with van der Waals surface area (Å²) in [5, 5.41) is 1.57. The average Bonchev–Trinajstić information content (AvgIpc) is 2.41. The number of halogens is 2. The van der Waals surface area contributed by atoms with E-state index >= 15 is 0 Å². The highest BCUT2D eigenvalue weighted by atomic mass is 79.9. The van der Waals surface area contributed by atoms with Crippen molar-refractivity contribution in [2.24, 2.45) is 0 Å². The second-order valence-corrected chi connectivity index (χ2v) is 4.92. The van der Waals surface area contributed by atoms with Crippen LogP contribution in [0.5, 0.6) is 11.5 Å². The fourth-order valence-electron chi connectivity index (χ4n) is 1.73. The second-order valence-electron chi connectivity index (χ2n) is 3.95. The summed E-state index contributed by atoms with van der Waals surface area (Å²) in [6.45, 7) is 2.08. The van der Waals surface area contributed by atoms with Gasteiger partial charge in [0.25, 0.3) is 0 Å². The molecule has 0 heterocycles. The molecule has 0 aliphatic heterocycles. The second kappa shape index (κ2) is 6.26. The predicted octanol–water partition coefficient (Wildman–Crippen LogP) is 5.59. The largest absolute Gasteiger partial charge is 0.457 e. The third-order valence-corrected chi connectivity index (χ3v) is 3.72. The van der Waals surface area contributed by atoms with E-state index in [0.717, 1.165) is 39.4 Å². The average molecular weight is 326 g/mol. The Morgan fingerprint density at radius 3 is 2.61 bits per heavy atom. The van der Waals surface area contributed by atoms with Crippen molar-refractivity contribution in [1.29, 1.82) is 0 Å². The van der Waals surface area contributed by atoms with Crippen LogP contribution in [-0.4, -0.2) is 0 Å². The van der Waals surface area contributed by atoms with Crippen molar-refractivity contribution in [2.45, 2.75) is 18.7 Å². The van der Waals surface area contributed by atoms with Crippen LogP contribution in [0.1, 0.15) is 18.1 Å². The van der Waals surface area contributed by atoms with Crippen LogP contribution in [0.4, 0.5) is 0 Å². The molecule has 0 saturated heterocycles. The highest BCUT2D eigenvalue weighted by Gasteiger charge is 2.05. The van der Waals surface area contributed by atoms with Crippen molar-refractivity contribution in [1.82, 2.24) is 0 Å². The van der Waals surface area contributed by atoms with Crippen molar-refractivity contribution in [2.75, 3.05) is 0 Å². The molecule has 0 aromatic heterocycles. The van der Waals surface area contributed by atoms with Crippen LogP contribution in [0.25, 0.3) is 0 Å². The predicted molar refractivity (Wildman–Crippen MR) is 80.0 cm³/mol. The van der Waals surface area contributed by atoms with Crippen molar-refractivity contribution < 1.29 is 4.74 Å². The monoisotopic (exact) mass is 324 g/mol. The fraction of sp³-hybridized carbons (Fsp3) is 0.200. The molecule has 0 unspecified atom stereocenters. The van der Waals surface area contributed by atoms with E-state index in [-0.39, 0.29) is 0 Å². The Balaban J connectivity index is 2.28. The number of aryl methyl sites for hydroxylation is 1. The number of benzene rings is 2. The molecule has 0 bridgehead atoms. The van der Waals surface area contributed by atoms with Gasteiger partial charge >= 0.3 is 0 Å². The molecule has 0 radical (unpaired) electrons. The lowest BCUT2D eigenvalue weighted by Crippen LogP contribution is -1.90. The minimum atomic E-state index is 0.775. The number of para-hydroxylation sites is 1. The van der Waals surface area contributed by atoms with Gasteiger partial charge in [-0.25, -0.2) is 0 Å². The van der Waals surface area contributed by atoms with Crippen molar-refractivity contribution in [3.05, 3.63) is 58.6 Å². The minimum absolute atomic E-state index is 0.775. The molecule has 3 heteroatoms. The Kier molecular flexibility index (Phi) is 4.67. The lowest BCUT2D eigenvalue weighted by Gasteiger charge is -2.11. The Morgan fingerprint density at radius 1 is 1.11 bits per heavy atom. The van der Waals surface area contributed by atoms with Gasteiger partial charge in [0, 0.05) is 15.9 Å². The van der Waals surface area contributed by atoms with Crippen LogP contribution in [-0.2, 0) is 11.8 Å². The summed E-state index contributed by atoms with van der Waals surface area (Å²) in [5.74, 6) is 1.70. The maximum absolute atomic E-state index is 6.09.